The highest BCUT2D eigenvalue weighted by atomic mass is 16.1. The molecule has 0 aliphatic heterocycles. The Kier molecular flexibility index (Phi) is 2.73. The summed E-state index contributed by atoms with van der Waals surface area (Å²) in [4.78, 5) is 11.0. The van der Waals surface area contributed by atoms with Crippen LogP contribution < -0.4 is 11.1 Å². The van der Waals surface area contributed by atoms with E-state index in [2.05, 4.69) is 5.32 Å². The molecule has 0 aromatic heterocycles. The Morgan fingerprint density at radius 3 is 3.00 bits per heavy atom. The van der Waals surface area contributed by atoms with Crippen molar-refractivity contribution in [2.75, 3.05) is 7.05 Å². The Labute approximate surface area is 89.7 Å². The number of benzene rings is 1. The number of fused-ring (bicyclic) bond motifs is 1. The van der Waals surface area contributed by atoms with Crippen molar-refractivity contribution in [3.63, 3.8) is 0 Å². The number of rotatable bonds is 2. The summed E-state index contributed by atoms with van der Waals surface area (Å²) in [5.41, 5.74) is 8.45. The van der Waals surface area contributed by atoms with Gasteiger partial charge in [0.15, 0.2) is 0 Å². The summed E-state index contributed by atoms with van der Waals surface area (Å²) in [6.45, 7) is 0. The molecule has 15 heavy (non-hydrogen) atoms. The van der Waals surface area contributed by atoms with Crippen LogP contribution in [0.3, 0.4) is 0 Å². The van der Waals surface area contributed by atoms with Crippen LogP contribution in [-0.2, 0) is 6.42 Å². The summed E-state index contributed by atoms with van der Waals surface area (Å²) in [6.07, 6.45) is 3.38. The smallest absolute Gasteiger partial charge is 0.248 e. The third-order valence-electron chi connectivity index (χ3n) is 3.09. The molecule has 0 spiro atoms. The molecule has 0 bridgehead atoms. The minimum Gasteiger partial charge on any atom is -0.366 e. The lowest BCUT2D eigenvalue weighted by atomic mass is 9.86. The first kappa shape index (κ1) is 10.2. The summed E-state index contributed by atoms with van der Waals surface area (Å²) in [7, 11) is 1.97. The topological polar surface area (TPSA) is 55.1 Å². The Hall–Kier alpha value is -1.35. The number of carbonyl (C=O) groups is 1. The fourth-order valence-corrected chi connectivity index (χ4v) is 2.27. The zero-order chi connectivity index (χ0) is 10.8. The van der Waals surface area contributed by atoms with Crippen molar-refractivity contribution < 1.29 is 4.79 Å². The molecule has 0 saturated heterocycles. The first-order valence-electron chi connectivity index (χ1n) is 5.32. The van der Waals surface area contributed by atoms with Gasteiger partial charge in [-0.1, -0.05) is 6.07 Å². The molecule has 3 nitrogen and oxygen atoms in total. The van der Waals surface area contributed by atoms with Gasteiger partial charge in [-0.2, -0.15) is 0 Å². The van der Waals surface area contributed by atoms with E-state index in [0.717, 1.165) is 6.42 Å². The predicted octanol–water partition coefficient (Wildman–Crippen LogP) is 1.38. The second-order valence-corrected chi connectivity index (χ2v) is 4.01. The molecule has 1 aliphatic rings. The van der Waals surface area contributed by atoms with E-state index in [0.29, 0.717) is 11.6 Å². The average Bonchev–Trinajstić information content (AvgIpc) is 2.27. The predicted molar refractivity (Wildman–Crippen MR) is 59.7 cm³/mol. The van der Waals surface area contributed by atoms with E-state index in [-0.39, 0.29) is 5.91 Å². The number of hydrogen-bond acceptors (Lipinski definition) is 2. The molecule has 3 heteroatoms. The minimum absolute atomic E-state index is 0.343. The Morgan fingerprint density at radius 1 is 1.53 bits per heavy atom. The molecule has 3 N–H and O–H groups in total. The van der Waals surface area contributed by atoms with Gasteiger partial charge >= 0.3 is 0 Å². The van der Waals surface area contributed by atoms with Gasteiger partial charge in [0.05, 0.1) is 0 Å². The second-order valence-electron chi connectivity index (χ2n) is 4.01. The Balaban J connectivity index is 2.40. The number of primary amides is 1. The van der Waals surface area contributed by atoms with Crippen LogP contribution in [-0.4, -0.2) is 13.0 Å². The minimum atomic E-state index is -0.343. The fourth-order valence-electron chi connectivity index (χ4n) is 2.27. The molecule has 0 heterocycles. The zero-order valence-corrected chi connectivity index (χ0v) is 8.92. The highest BCUT2D eigenvalue weighted by Gasteiger charge is 2.19. The van der Waals surface area contributed by atoms with Crippen molar-refractivity contribution in [3.05, 3.63) is 34.9 Å². The van der Waals surface area contributed by atoms with Crippen LogP contribution in [0.4, 0.5) is 0 Å². The van der Waals surface area contributed by atoms with Crippen molar-refractivity contribution >= 4 is 5.91 Å². The third-order valence-corrected chi connectivity index (χ3v) is 3.09. The molecular weight excluding hydrogens is 188 g/mol. The van der Waals surface area contributed by atoms with Crippen LogP contribution in [0.1, 0.15) is 40.4 Å². The van der Waals surface area contributed by atoms with Gasteiger partial charge in [0.2, 0.25) is 5.91 Å². The number of nitrogens with two attached hydrogens (primary N) is 1. The maximum atomic E-state index is 11.0. The van der Waals surface area contributed by atoms with Crippen LogP contribution in [0.15, 0.2) is 18.2 Å². The van der Waals surface area contributed by atoms with Crippen LogP contribution >= 0.6 is 0 Å². The zero-order valence-electron chi connectivity index (χ0n) is 8.92. The van der Waals surface area contributed by atoms with Gasteiger partial charge in [-0.05, 0) is 49.6 Å². The van der Waals surface area contributed by atoms with E-state index >= 15 is 0 Å². The Bertz CT molecular complexity index is 387. The van der Waals surface area contributed by atoms with Crippen molar-refractivity contribution in [2.24, 2.45) is 5.73 Å². The molecule has 80 valence electrons. The number of hydrogen-bond donors (Lipinski definition) is 2. The van der Waals surface area contributed by atoms with Gasteiger partial charge in [-0.3, -0.25) is 4.79 Å². The molecule has 0 fully saturated rings. The first-order valence-corrected chi connectivity index (χ1v) is 5.32. The molecule has 0 radical (unpaired) electrons. The summed E-state index contributed by atoms with van der Waals surface area (Å²) in [6, 6.07) is 6.20. The summed E-state index contributed by atoms with van der Waals surface area (Å²) in [5.74, 6) is -0.343. The highest BCUT2D eigenvalue weighted by Crippen LogP contribution is 2.29. The van der Waals surface area contributed by atoms with Gasteiger partial charge in [0.1, 0.15) is 0 Å². The fraction of sp³-hybridized carbons (Fsp3) is 0.417. The standard InChI is InChI=1S/C12H16N2O/c1-14-11-4-2-3-8-7-9(12(13)15)5-6-10(8)11/h5-7,11,14H,2-4H2,1H3,(H2,13,15). The van der Waals surface area contributed by atoms with Crippen LogP contribution in [0.2, 0.25) is 0 Å². The van der Waals surface area contributed by atoms with Gasteiger partial charge in [-0.25, -0.2) is 0 Å². The molecule has 1 aromatic carbocycles. The van der Waals surface area contributed by atoms with Crippen molar-refractivity contribution in [3.8, 4) is 0 Å². The molecule has 0 saturated carbocycles. The van der Waals surface area contributed by atoms with Crippen molar-refractivity contribution in [2.45, 2.75) is 25.3 Å². The van der Waals surface area contributed by atoms with E-state index in [1.54, 1.807) is 0 Å². The summed E-state index contributed by atoms with van der Waals surface area (Å²) < 4.78 is 0. The molecular formula is C12H16N2O. The normalized spacial score (nSPS) is 19.7. The lowest BCUT2D eigenvalue weighted by Gasteiger charge is -2.25. The van der Waals surface area contributed by atoms with Gasteiger partial charge in [0.25, 0.3) is 0 Å². The molecule has 1 unspecified atom stereocenters. The third kappa shape index (κ3) is 1.88. The second kappa shape index (κ2) is 4.03. The molecule has 2 rings (SSSR count). The number of amides is 1. The Morgan fingerprint density at radius 2 is 2.33 bits per heavy atom. The molecule has 1 aromatic rings. The van der Waals surface area contributed by atoms with E-state index in [1.807, 2.05) is 25.2 Å². The van der Waals surface area contributed by atoms with Gasteiger partial charge in [-0.15, -0.1) is 0 Å². The van der Waals surface area contributed by atoms with Gasteiger partial charge < -0.3 is 11.1 Å². The quantitative estimate of drug-likeness (QED) is 0.764. The lowest BCUT2D eigenvalue weighted by molar-refractivity contribution is 0.1000. The lowest BCUT2D eigenvalue weighted by Crippen LogP contribution is -2.22. The summed E-state index contributed by atoms with van der Waals surface area (Å²) >= 11 is 0. The number of carbonyl (C=O) groups excluding carboxylic acids is 1. The largest absolute Gasteiger partial charge is 0.366 e. The van der Waals surface area contributed by atoms with Crippen LogP contribution in [0, 0.1) is 0 Å². The van der Waals surface area contributed by atoms with Crippen molar-refractivity contribution in [1.29, 1.82) is 0 Å². The monoisotopic (exact) mass is 204 g/mol. The maximum Gasteiger partial charge on any atom is 0.248 e. The van der Waals surface area contributed by atoms with E-state index in [4.69, 9.17) is 5.73 Å². The maximum absolute atomic E-state index is 11.0. The average molecular weight is 204 g/mol. The number of nitrogens with one attached hydrogen (secondary N) is 1. The summed E-state index contributed by atoms with van der Waals surface area (Å²) in [5, 5.41) is 3.29. The van der Waals surface area contributed by atoms with Crippen LogP contribution in [0.5, 0.6) is 0 Å². The first-order chi connectivity index (χ1) is 7.22. The molecule has 1 atom stereocenters. The van der Waals surface area contributed by atoms with Crippen molar-refractivity contribution in [1.82, 2.24) is 5.32 Å². The van der Waals surface area contributed by atoms with Crippen LogP contribution in [0.25, 0.3) is 0 Å². The molecule has 1 amide bonds. The SMILES string of the molecule is CNC1CCCc2cc(C(N)=O)ccc21. The van der Waals surface area contributed by atoms with E-state index in [9.17, 15) is 4.79 Å². The van der Waals surface area contributed by atoms with E-state index in [1.165, 1.54) is 24.0 Å². The van der Waals surface area contributed by atoms with E-state index < -0.39 is 0 Å². The number of aryl methyl sites for hydroxylation is 1. The highest BCUT2D eigenvalue weighted by molar-refractivity contribution is 5.93. The molecule has 1 aliphatic carbocycles. The van der Waals surface area contributed by atoms with Gasteiger partial charge in [0, 0.05) is 11.6 Å².